The Morgan fingerprint density at radius 1 is 1.24 bits per heavy atom. The summed E-state index contributed by atoms with van der Waals surface area (Å²) in [6.07, 6.45) is 1.95. The van der Waals surface area contributed by atoms with Gasteiger partial charge in [-0.1, -0.05) is 0 Å². The van der Waals surface area contributed by atoms with Gasteiger partial charge in [-0.2, -0.15) is 11.3 Å². The summed E-state index contributed by atoms with van der Waals surface area (Å²) >= 11 is 1.52. The van der Waals surface area contributed by atoms with E-state index in [0.29, 0.717) is 16.7 Å². The predicted molar refractivity (Wildman–Crippen MR) is 96.5 cm³/mol. The predicted octanol–water partition coefficient (Wildman–Crippen LogP) is 2.50. The van der Waals surface area contributed by atoms with Crippen molar-refractivity contribution in [2.75, 3.05) is 5.32 Å². The lowest BCUT2D eigenvalue weighted by atomic mass is 10.2. The quantitative estimate of drug-likeness (QED) is 0.482. The molecule has 3 rings (SSSR count). The molecular formula is C17H15N3O4S. The Kier molecular flexibility index (Phi) is 4.80. The van der Waals surface area contributed by atoms with Crippen LogP contribution in [-0.2, 0) is 14.3 Å². The number of hydrogen-bond acceptors (Lipinski definition) is 5. The van der Waals surface area contributed by atoms with Gasteiger partial charge in [0.2, 0.25) is 0 Å². The van der Waals surface area contributed by atoms with E-state index in [9.17, 15) is 14.4 Å². The van der Waals surface area contributed by atoms with E-state index in [4.69, 9.17) is 4.74 Å². The van der Waals surface area contributed by atoms with Crippen LogP contribution in [0.1, 0.15) is 12.5 Å². The summed E-state index contributed by atoms with van der Waals surface area (Å²) in [7, 11) is 0. The number of ether oxygens (including phenoxy) is 1. The number of rotatable bonds is 5. The number of H-pyrrole nitrogens is 2. The molecule has 7 nitrogen and oxygen atoms in total. The summed E-state index contributed by atoms with van der Waals surface area (Å²) in [6.45, 7) is 1.49. The fourth-order valence-electron chi connectivity index (χ4n) is 2.16. The highest BCUT2D eigenvalue weighted by atomic mass is 32.1. The molecule has 128 valence electrons. The van der Waals surface area contributed by atoms with E-state index in [1.807, 2.05) is 16.8 Å². The lowest BCUT2D eigenvalue weighted by molar-refractivity contribution is -0.148. The summed E-state index contributed by atoms with van der Waals surface area (Å²) < 4.78 is 5.08. The fourth-order valence-corrected chi connectivity index (χ4v) is 2.78. The number of fused-ring (bicyclic) bond motifs is 1. The molecule has 0 saturated heterocycles. The van der Waals surface area contributed by atoms with Crippen LogP contribution in [-0.4, -0.2) is 27.9 Å². The zero-order chi connectivity index (χ0) is 17.8. The van der Waals surface area contributed by atoms with Crippen molar-refractivity contribution in [3.05, 3.63) is 57.1 Å². The van der Waals surface area contributed by atoms with Gasteiger partial charge in [0.05, 0.1) is 11.0 Å². The molecule has 0 aliphatic heterocycles. The monoisotopic (exact) mass is 357 g/mol. The standard InChI is InChI=1S/C17H15N3O4S/c1-10(24-15(21)5-2-11-6-7-25-9-11)16(22)18-12-3-4-13-14(8-12)20-17(23)19-13/h2-10H,1H3,(H,18,22)(H2,19,20,23)/b5-2+/t10-/m1/s1. The van der Waals surface area contributed by atoms with Crippen molar-refractivity contribution in [1.29, 1.82) is 0 Å². The molecule has 0 spiro atoms. The second-order valence-electron chi connectivity index (χ2n) is 5.30. The van der Waals surface area contributed by atoms with Gasteiger partial charge in [-0.15, -0.1) is 0 Å². The first-order valence-electron chi connectivity index (χ1n) is 7.45. The van der Waals surface area contributed by atoms with Crippen LogP contribution in [0.4, 0.5) is 5.69 Å². The Morgan fingerprint density at radius 2 is 2.04 bits per heavy atom. The number of nitrogens with one attached hydrogen (secondary N) is 3. The topological polar surface area (TPSA) is 104 Å². The average molecular weight is 357 g/mol. The van der Waals surface area contributed by atoms with Crippen LogP contribution in [0.25, 0.3) is 17.1 Å². The molecule has 0 bridgehead atoms. The molecule has 1 atom stereocenters. The first-order valence-corrected chi connectivity index (χ1v) is 8.39. The first kappa shape index (κ1) is 16.7. The Balaban J connectivity index is 1.59. The Labute approximate surface area is 146 Å². The molecule has 0 fully saturated rings. The van der Waals surface area contributed by atoms with Crippen LogP contribution < -0.4 is 11.0 Å². The van der Waals surface area contributed by atoms with E-state index in [0.717, 1.165) is 5.56 Å². The molecule has 8 heteroatoms. The molecular weight excluding hydrogens is 342 g/mol. The molecule has 0 aliphatic carbocycles. The highest BCUT2D eigenvalue weighted by molar-refractivity contribution is 7.08. The first-order chi connectivity index (χ1) is 12.0. The third-order valence-corrected chi connectivity index (χ3v) is 4.10. The molecule has 3 N–H and O–H groups in total. The lowest BCUT2D eigenvalue weighted by Gasteiger charge is -2.12. The SMILES string of the molecule is C[C@@H](OC(=O)/C=C/c1ccsc1)C(=O)Nc1ccc2[nH]c(=O)[nH]c2c1. The van der Waals surface area contributed by atoms with Crippen molar-refractivity contribution in [2.24, 2.45) is 0 Å². The maximum Gasteiger partial charge on any atom is 0.331 e. The molecule has 3 aromatic rings. The van der Waals surface area contributed by atoms with Crippen LogP contribution in [0.3, 0.4) is 0 Å². The van der Waals surface area contributed by atoms with Crippen LogP contribution >= 0.6 is 11.3 Å². The van der Waals surface area contributed by atoms with Gasteiger partial charge in [0, 0.05) is 11.8 Å². The molecule has 25 heavy (non-hydrogen) atoms. The van der Waals surface area contributed by atoms with Gasteiger partial charge < -0.3 is 20.0 Å². The number of aromatic nitrogens is 2. The molecule has 0 saturated carbocycles. The van der Waals surface area contributed by atoms with E-state index >= 15 is 0 Å². The third-order valence-electron chi connectivity index (χ3n) is 3.40. The summed E-state index contributed by atoms with van der Waals surface area (Å²) in [5.41, 5.74) is 2.28. The Bertz CT molecular complexity index is 985. The van der Waals surface area contributed by atoms with E-state index in [1.54, 1.807) is 24.3 Å². The lowest BCUT2D eigenvalue weighted by Crippen LogP contribution is -2.29. The number of esters is 1. The number of hydrogen-bond donors (Lipinski definition) is 3. The zero-order valence-corrected chi connectivity index (χ0v) is 14.1. The number of aromatic amines is 2. The van der Waals surface area contributed by atoms with Crippen LogP contribution in [0, 0.1) is 0 Å². The van der Waals surface area contributed by atoms with Crippen molar-refractivity contribution >= 4 is 46.0 Å². The second-order valence-corrected chi connectivity index (χ2v) is 6.08. The molecule has 2 heterocycles. The summed E-state index contributed by atoms with van der Waals surface area (Å²) in [5, 5.41) is 6.43. The van der Waals surface area contributed by atoms with Gasteiger partial charge in [0.25, 0.3) is 5.91 Å². The molecule has 0 aliphatic rings. The van der Waals surface area contributed by atoms with Crippen LogP contribution in [0.15, 0.2) is 45.9 Å². The molecule has 2 aromatic heterocycles. The summed E-state index contributed by atoms with van der Waals surface area (Å²) in [5.74, 6) is -1.06. The fraction of sp³-hybridized carbons (Fsp3) is 0.118. The maximum atomic E-state index is 12.1. The Morgan fingerprint density at radius 3 is 2.80 bits per heavy atom. The number of imidazole rings is 1. The molecule has 0 unspecified atom stereocenters. The Hall–Kier alpha value is -3.13. The minimum absolute atomic E-state index is 0.321. The van der Waals surface area contributed by atoms with Crippen molar-refractivity contribution in [1.82, 2.24) is 9.97 Å². The third kappa shape index (κ3) is 4.24. The highest BCUT2D eigenvalue weighted by Crippen LogP contribution is 2.15. The van der Waals surface area contributed by atoms with Crippen LogP contribution in [0.2, 0.25) is 0 Å². The minimum Gasteiger partial charge on any atom is -0.449 e. The van der Waals surface area contributed by atoms with E-state index < -0.39 is 18.0 Å². The van der Waals surface area contributed by atoms with Crippen molar-refractivity contribution in [3.63, 3.8) is 0 Å². The minimum atomic E-state index is -0.958. The number of thiophene rings is 1. The summed E-state index contributed by atoms with van der Waals surface area (Å²) in [6, 6.07) is 6.81. The van der Waals surface area contributed by atoms with Gasteiger partial charge in [-0.3, -0.25) is 4.79 Å². The number of carbonyl (C=O) groups excluding carboxylic acids is 2. The molecule has 1 aromatic carbocycles. The van der Waals surface area contributed by atoms with Gasteiger partial charge >= 0.3 is 11.7 Å². The molecule has 0 radical (unpaired) electrons. The highest BCUT2D eigenvalue weighted by Gasteiger charge is 2.17. The number of carbonyl (C=O) groups is 2. The van der Waals surface area contributed by atoms with Crippen molar-refractivity contribution in [2.45, 2.75) is 13.0 Å². The number of benzene rings is 1. The van der Waals surface area contributed by atoms with Gasteiger partial charge in [-0.25, -0.2) is 9.59 Å². The molecule has 1 amide bonds. The van der Waals surface area contributed by atoms with E-state index in [-0.39, 0.29) is 5.69 Å². The largest absolute Gasteiger partial charge is 0.449 e. The maximum absolute atomic E-state index is 12.1. The van der Waals surface area contributed by atoms with Crippen molar-refractivity contribution in [3.8, 4) is 0 Å². The van der Waals surface area contributed by atoms with E-state index in [2.05, 4.69) is 15.3 Å². The van der Waals surface area contributed by atoms with Crippen LogP contribution in [0.5, 0.6) is 0 Å². The average Bonchev–Trinajstić information content (AvgIpc) is 3.20. The van der Waals surface area contributed by atoms with E-state index in [1.165, 1.54) is 24.3 Å². The van der Waals surface area contributed by atoms with Gasteiger partial charge in [0.15, 0.2) is 6.10 Å². The number of anilines is 1. The van der Waals surface area contributed by atoms with Gasteiger partial charge in [-0.05, 0) is 53.6 Å². The zero-order valence-electron chi connectivity index (χ0n) is 13.2. The van der Waals surface area contributed by atoms with Gasteiger partial charge in [0.1, 0.15) is 0 Å². The smallest absolute Gasteiger partial charge is 0.331 e. The normalized spacial score (nSPS) is 12.4. The summed E-state index contributed by atoms with van der Waals surface area (Å²) in [4.78, 5) is 40.3. The second kappa shape index (κ2) is 7.18. The van der Waals surface area contributed by atoms with Crippen molar-refractivity contribution < 1.29 is 14.3 Å². The number of amides is 1.